The summed E-state index contributed by atoms with van der Waals surface area (Å²) in [6.45, 7) is 1.57. The molecule has 0 atom stereocenters. The van der Waals surface area contributed by atoms with E-state index in [1.165, 1.54) is 36.4 Å². The molecule has 2 rings (SSSR count). The van der Waals surface area contributed by atoms with Crippen LogP contribution < -0.4 is 4.72 Å². The molecule has 0 spiro atoms. The number of hydrogen-bond donors (Lipinski definition) is 1. The molecule has 0 aliphatic rings. The third-order valence-corrected chi connectivity index (χ3v) is 4.97. The number of nitrogens with zero attached hydrogens (tertiary/aromatic N) is 1. The first-order valence-electron chi connectivity index (χ1n) is 5.93. The number of anilines is 1. The predicted molar refractivity (Wildman–Crippen MR) is 85.1 cm³/mol. The molecule has 0 aliphatic heterocycles. The van der Waals surface area contributed by atoms with E-state index >= 15 is 0 Å². The minimum atomic E-state index is -3.87. The molecule has 2 aromatic rings. The number of benzene rings is 2. The van der Waals surface area contributed by atoms with Crippen LogP contribution in [0.15, 0.2) is 41.3 Å². The maximum Gasteiger partial charge on any atom is 0.269 e. The largest absolute Gasteiger partial charge is 0.279 e. The fourth-order valence-corrected chi connectivity index (χ4v) is 3.24. The molecule has 0 bridgehead atoms. The number of non-ortho nitro benzene ring substituents is 1. The second kappa shape index (κ2) is 6.12. The second-order valence-corrected chi connectivity index (χ2v) is 6.93. The van der Waals surface area contributed by atoms with E-state index in [0.29, 0.717) is 5.56 Å². The van der Waals surface area contributed by atoms with Crippen LogP contribution in [-0.4, -0.2) is 13.3 Å². The third-order valence-electron chi connectivity index (χ3n) is 2.87. The molecule has 0 fully saturated rings. The van der Waals surface area contributed by atoms with Crippen molar-refractivity contribution in [1.82, 2.24) is 0 Å². The average Bonchev–Trinajstić information content (AvgIpc) is 2.43. The summed E-state index contributed by atoms with van der Waals surface area (Å²) in [4.78, 5) is 10.1. The average molecular weight is 361 g/mol. The van der Waals surface area contributed by atoms with E-state index in [1.807, 2.05) is 0 Å². The van der Waals surface area contributed by atoms with Gasteiger partial charge in [0.1, 0.15) is 0 Å². The Balaban J connectivity index is 2.36. The molecule has 0 heterocycles. The molecule has 0 unspecified atom stereocenters. The van der Waals surface area contributed by atoms with Crippen molar-refractivity contribution in [1.29, 1.82) is 0 Å². The van der Waals surface area contributed by atoms with E-state index in [9.17, 15) is 18.5 Å². The number of halogens is 2. The molecule has 0 amide bonds. The van der Waals surface area contributed by atoms with Gasteiger partial charge in [-0.25, -0.2) is 8.42 Å². The number of nitro benzene ring substituents is 1. The third kappa shape index (κ3) is 3.49. The van der Waals surface area contributed by atoms with E-state index in [4.69, 9.17) is 23.2 Å². The van der Waals surface area contributed by atoms with Crippen LogP contribution in [0.4, 0.5) is 11.4 Å². The van der Waals surface area contributed by atoms with E-state index in [-0.39, 0.29) is 26.3 Å². The topological polar surface area (TPSA) is 89.3 Å². The standard InChI is InChI=1S/C13H10Cl2N2O4S/c1-8-6-9(17(18)19)2-5-13(8)16-22(20,21)10-3-4-11(14)12(15)7-10/h2-7,16H,1H3. The van der Waals surface area contributed by atoms with Crippen LogP contribution in [0.2, 0.25) is 10.0 Å². The monoisotopic (exact) mass is 360 g/mol. The SMILES string of the molecule is Cc1cc([N+](=O)[O-])ccc1NS(=O)(=O)c1ccc(Cl)c(Cl)c1. The highest BCUT2D eigenvalue weighted by Gasteiger charge is 2.18. The van der Waals surface area contributed by atoms with E-state index in [2.05, 4.69) is 4.72 Å². The minimum absolute atomic E-state index is 0.0559. The van der Waals surface area contributed by atoms with Gasteiger partial charge in [-0.2, -0.15) is 0 Å². The molecule has 0 aliphatic carbocycles. The number of hydrogen-bond acceptors (Lipinski definition) is 4. The molecule has 6 nitrogen and oxygen atoms in total. The highest BCUT2D eigenvalue weighted by molar-refractivity contribution is 7.92. The van der Waals surface area contributed by atoms with Gasteiger partial charge in [-0.1, -0.05) is 23.2 Å². The number of aryl methyl sites for hydroxylation is 1. The first kappa shape index (κ1) is 16.5. The lowest BCUT2D eigenvalue weighted by Gasteiger charge is -2.11. The Kier molecular flexibility index (Phi) is 4.60. The van der Waals surface area contributed by atoms with Crippen molar-refractivity contribution in [2.45, 2.75) is 11.8 Å². The Hall–Kier alpha value is -1.83. The van der Waals surface area contributed by atoms with Crippen molar-refractivity contribution < 1.29 is 13.3 Å². The fraction of sp³-hybridized carbons (Fsp3) is 0.0769. The zero-order valence-corrected chi connectivity index (χ0v) is 13.5. The van der Waals surface area contributed by atoms with Crippen molar-refractivity contribution in [3.63, 3.8) is 0 Å². The first-order valence-corrected chi connectivity index (χ1v) is 8.17. The summed E-state index contributed by atoms with van der Waals surface area (Å²) in [6, 6.07) is 7.76. The maximum atomic E-state index is 12.3. The molecule has 0 aromatic heterocycles. The lowest BCUT2D eigenvalue weighted by Crippen LogP contribution is -2.13. The van der Waals surface area contributed by atoms with Gasteiger partial charge in [0.05, 0.1) is 25.6 Å². The Morgan fingerprint density at radius 1 is 1.09 bits per heavy atom. The minimum Gasteiger partial charge on any atom is -0.279 e. The summed E-state index contributed by atoms with van der Waals surface area (Å²) in [6.07, 6.45) is 0. The van der Waals surface area contributed by atoms with Crippen molar-refractivity contribution in [2.24, 2.45) is 0 Å². The smallest absolute Gasteiger partial charge is 0.269 e. The molecule has 2 aromatic carbocycles. The zero-order valence-electron chi connectivity index (χ0n) is 11.2. The molecule has 0 saturated heterocycles. The molecule has 116 valence electrons. The van der Waals surface area contributed by atoms with E-state index in [1.54, 1.807) is 6.92 Å². The Morgan fingerprint density at radius 2 is 1.77 bits per heavy atom. The van der Waals surface area contributed by atoms with E-state index < -0.39 is 14.9 Å². The summed E-state index contributed by atoms with van der Waals surface area (Å²) >= 11 is 11.6. The summed E-state index contributed by atoms with van der Waals surface area (Å²) in [7, 11) is -3.87. The molecular formula is C13H10Cl2N2O4S. The number of sulfonamides is 1. The molecule has 0 saturated carbocycles. The molecule has 22 heavy (non-hydrogen) atoms. The molecule has 0 radical (unpaired) electrons. The van der Waals surface area contributed by atoms with Crippen LogP contribution in [0.5, 0.6) is 0 Å². The van der Waals surface area contributed by atoms with Crippen LogP contribution >= 0.6 is 23.2 Å². The van der Waals surface area contributed by atoms with Gasteiger partial charge in [0.25, 0.3) is 15.7 Å². The van der Waals surface area contributed by atoms with Gasteiger partial charge in [-0.05, 0) is 36.8 Å². The summed E-state index contributed by atoms with van der Waals surface area (Å²) in [5.74, 6) is 0. The van der Waals surface area contributed by atoms with Gasteiger partial charge in [-0.3, -0.25) is 14.8 Å². The van der Waals surface area contributed by atoms with Crippen molar-refractivity contribution >= 4 is 44.6 Å². The highest BCUT2D eigenvalue weighted by Crippen LogP contribution is 2.27. The van der Waals surface area contributed by atoms with Crippen molar-refractivity contribution in [3.8, 4) is 0 Å². The van der Waals surface area contributed by atoms with Crippen molar-refractivity contribution in [2.75, 3.05) is 4.72 Å². The Bertz CT molecular complexity index is 853. The van der Waals surface area contributed by atoms with Crippen molar-refractivity contribution in [3.05, 3.63) is 62.1 Å². The van der Waals surface area contributed by atoms with Gasteiger partial charge < -0.3 is 0 Å². The number of nitro groups is 1. The van der Waals surface area contributed by atoms with Gasteiger partial charge >= 0.3 is 0 Å². The second-order valence-electron chi connectivity index (χ2n) is 4.44. The van der Waals surface area contributed by atoms with Crippen LogP contribution in [0.3, 0.4) is 0 Å². The van der Waals surface area contributed by atoms with Crippen LogP contribution in [0, 0.1) is 17.0 Å². The number of rotatable bonds is 4. The normalized spacial score (nSPS) is 11.2. The predicted octanol–water partition coefficient (Wildman–Crippen LogP) is 4.01. The highest BCUT2D eigenvalue weighted by atomic mass is 35.5. The quantitative estimate of drug-likeness (QED) is 0.658. The van der Waals surface area contributed by atoms with Crippen LogP contribution in [-0.2, 0) is 10.0 Å². The van der Waals surface area contributed by atoms with Crippen LogP contribution in [0.25, 0.3) is 0 Å². The van der Waals surface area contributed by atoms with Gasteiger partial charge in [0.15, 0.2) is 0 Å². The fourth-order valence-electron chi connectivity index (χ4n) is 1.72. The summed E-state index contributed by atoms with van der Waals surface area (Å²) < 4.78 is 26.9. The lowest BCUT2D eigenvalue weighted by molar-refractivity contribution is -0.384. The van der Waals surface area contributed by atoms with Crippen LogP contribution in [0.1, 0.15) is 5.56 Å². The van der Waals surface area contributed by atoms with Gasteiger partial charge in [0.2, 0.25) is 0 Å². The Labute approximate surface area is 136 Å². The number of nitrogens with one attached hydrogen (secondary N) is 1. The Morgan fingerprint density at radius 3 is 2.32 bits per heavy atom. The first-order chi connectivity index (χ1) is 10.2. The molecular weight excluding hydrogens is 351 g/mol. The zero-order chi connectivity index (χ0) is 16.5. The molecule has 1 N–H and O–H groups in total. The summed E-state index contributed by atoms with van der Waals surface area (Å²) in [5, 5.41) is 11.0. The summed E-state index contributed by atoms with van der Waals surface area (Å²) in [5.41, 5.74) is 0.560. The molecule has 9 heteroatoms. The van der Waals surface area contributed by atoms with E-state index in [0.717, 1.165) is 0 Å². The lowest BCUT2D eigenvalue weighted by atomic mass is 10.2. The maximum absolute atomic E-state index is 12.3. The van der Waals surface area contributed by atoms with Gasteiger partial charge in [0, 0.05) is 12.1 Å². The van der Waals surface area contributed by atoms with Gasteiger partial charge in [-0.15, -0.1) is 0 Å².